The summed E-state index contributed by atoms with van der Waals surface area (Å²) in [5.41, 5.74) is 1.80. The minimum absolute atomic E-state index is 0.0253. The number of benzene rings is 2. The van der Waals surface area contributed by atoms with Crippen molar-refractivity contribution in [1.82, 2.24) is 0 Å². The highest BCUT2D eigenvalue weighted by molar-refractivity contribution is 6.35. The van der Waals surface area contributed by atoms with Gasteiger partial charge in [0.05, 0.1) is 0 Å². The standard InChI is InChI=1S/C18H17N3O4/c1-10(23)20-13-5-3-12(4-6-13)14-8-18(25)15(16(19)9-22)7-17(14)21-11(2)24/h3-9,19,25H,1-2H3,(H,20,23)(H,21,24). The van der Waals surface area contributed by atoms with E-state index in [-0.39, 0.29) is 23.1 Å². The molecule has 2 aromatic rings. The first-order valence-electron chi connectivity index (χ1n) is 7.38. The van der Waals surface area contributed by atoms with Gasteiger partial charge in [-0.2, -0.15) is 0 Å². The Morgan fingerprint density at radius 1 is 1.04 bits per heavy atom. The van der Waals surface area contributed by atoms with Crippen LogP contribution in [-0.4, -0.2) is 28.9 Å². The van der Waals surface area contributed by atoms with E-state index in [0.29, 0.717) is 28.8 Å². The van der Waals surface area contributed by atoms with Crippen molar-refractivity contribution >= 4 is 35.2 Å². The van der Waals surface area contributed by atoms with E-state index >= 15 is 0 Å². The Labute approximate surface area is 144 Å². The second-order valence-corrected chi connectivity index (χ2v) is 5.39. The minimum Gasteiger partial charge on any atom is -0.507 e. The molecule has 128 valence electrons. The highest BCUT2D eigenvalue weighted by Crippen LogP contribution is 2.35. The molecule has 0 saturated heterocycles. The SMILES string of the molecule is CC(=O)Nc1ccc(-c2cc(O)c(C(=N)C=O)cc2NC(C)=O)cc1. The number of carbonyl (C=O) groups is 3. The number of phenols is 1. The minimum atomic E-state index is -0.392. The number of hydrogen-bond acceptors (Lipinski definition) is 5. The van der Waals surface area contributed by atoms with E-state index in [0.717, 1.165) is 0 Å². The number of aldehydes is 1. The topological polar surface area (TPSA) is 119 Å². The Morgan fingerprint density at radius 2 is 1.64 bits per heavy atom. The first-order valence-corrected chi connectivity index (χ1v) is 7.38. The molecule has 7 nitrogen and oxygen atoms in total. The van der Waals surface area contributed by atoms with Crippen LogP contribution in [0.1, 0.15) is 19.4 Å². The van der Waals surface area contributed by atoms with E-state index in [1.807, 2.05) is 0 Å². The molecule has 0 saturated carbocycles. The Bertz CT molecular complexity index is 857. The van der Waals surface area contributed by atoms with Crippen LogP contribution < -0.4 is 10.6 Å². The third-order valence-electron chi connectivity index (χ3n) is 3.37. The maximum Gasteiger partial charge on any atom is 0.221 e. The fourth-order valence-electron chi connectivity index (χ4n) is 2.34. The highest BCUT2D eigenvalue weighted by Gasteiger charge is 2.15. The van der Waals surface area contributed by atoms with Crippen LogP contribution in [0.2, 0.25) is 0 Å². The lowest BCUT2D eigenvalue weighted by molar-refractivity contribution is -0.115. The maximum absolute atomic E-state index is 11.5. The van der Waals surface area contributed by atoms with Gasteiger partial charge in [-0.3, -0.25) is 19.8 Å². The second kappa shape index (κ2) is 7.39. The molecule has 0 bridgehead atoms. The van der Waals surface area contributed by atoms with E-state index in [2.05, 4.69) is 10.6 Å². The lowest BCUT2D eigenvalue weighted by atomic mass is 9.98. The molecular weight excluding hydrogens is 322 g/mol. The Balaban J connectivity index is 2.53. The average molecular weight is 339 g/mol. The molecule has 0 aliphatic heterocycles. The van der Waals surface area contributed by atoms with Crippen LogP contribution in [-0.2, 0) is 14.4 Å². The van der Waals surface area contributed by atoms with Crippen LogP contribution in [0.4, 0.5) is 11.4 Å². The quantitative estimate of drug-likeness (QED) is 0.380. The van der Waals surface area contributed by atoms with Gasteiger partial charge in [-0.25, -0.2) is 0 Å². The van der Waals surface area contributed by atoms with Crippen LogP contribution in [0.5, 0.6) is 5.75 Å². The zero-order valence-electron chi connectivity index (χ0n) is 13.7. The maximum atomic E-state index is 11.5. The van der Waals surface area contributed by atoms with Crippen LogP contribution in [0.25, 0.3) is 11.1 Å². The first kappa shape index (κ1) is 17.9. The summed E-state index contributed by atoms with van der Waals surface area (Å²) >= 11 is 0. The fourth-order valence-corrected chi connectivity index (χ4v) is 2.34. The number of carbonyl (C=O) groups excluding carboxylic acids is 3. The summed E-state index contributed by atoms with van der Waals surface area (Å²) in [6.45, 7) is 2.74. The largest absolute Gasteiger partial charge is 0.507 e. The third kappa shape index (κ3) is 4.29. The summed E-state index contributed by atoms with van der Waals surface area (Å²) in [5.74, 6) is -0.765. The number of nitrogens with one attached hydrogen (secondary N) is 3. The van der Waals surface area contributed by atoms with Gasteiger partial charge in [0.2, 0.25) is 11.8 Å². The second-order valence-electron chi connectivity index (χ2n) is 5.39. The molecule has 0 fully saturated rings. The summed E-state index contributed by atoms with van der Waals surface area (Å²) in [4.78, 5) is 33.4. The van der Waals surface area contributed by atoms with Crippen molar-refractivity contribution in [3.05, 3.63) is 42.0 Å². The molecule has 2 aromatic carbocycles. The number of anilines is 2. The molecule has 0 aliphatic carbocycles. The Kier molecular flexibility index (Phi) is 5.28. The normalized spacial score (nSPS) is 10.0. The van der Waals surface area contributed by atoms with E-state index in [4.69, 9.17) is 5.41 Å². The molecule has 0 heterocycles. The number of amides is 2. The number of aromatic hydroxyl groups is 1. The third-order valence-corrected chi connectivity index (χ3v) is 3.37. The van der Waals surface area contributed by atoms with Gasteiger partial charge in [-0.1, -0.05) is 12.1 Å². The van der Waals surface area contributed by atoms with Gasteiger partial charge in [0.1, 0.15) is 11.5 Å². The molecule has 0 atom stereocenters. The monoisotopic (exact) mass is 339 g/mol. The molecule has 7 heteroatoms. The molecule has 0 aromatic heterocycles. The van der Waals surface area contributed by atoms with E-state index in [9.17, 15) is 19.5 Å². The fraction of sp³-hybridized carbons (Fsp3) is 0.111. The predicted octanol–water partition coefficient (Wildman–Crippen LogP) is 2.54. The molecular formula is C18H17N3O4. The van der Waals surface area contributed by atoms with Gasteiger partial charge >= 0.3 is 0 Å². The Morgan fingerprint density at radius 3 is 2.16 bits per heavy atom. The molecule has 4 N–H and O–H groups in total. The summed E-state index contributed by atoms with van der Waals surface area (Å²) in [5, 5.41) is 23.0. The van der Waals surface area contributed by atoms with Crippen molar-refractivity contribution < 1.29 is 19.5 Å². The molecule has 0 unspecified atom stereocenters. The molecule has 0 radical (unpaired) electrons. The van der Waals surface area contributed by atoms with E-state index in [1.165, 1.54) is 26.0 Å². The van der Waals surface area contributed by atoms with Crippen molar-refractivity contribution in [3.8, 4) is 16.9 Å². The molecule has 0 spiro atoms. The van der Waals surface area contributed by atoms with Crippen molar-refractivity contribution in [2.24, 2.45) is 0 Å². The van der Waals surface area contributed by atoms with Crippen LogP contribution in [0.15, 0.2) is 36.4 Å². The summed E-state index contributed by atoms with van der Waals surface area (Å²) in [6, 6.07) is 9.57. The van der Waals surface area contributed by atoms with Crippen molar-refractivity contribution in [3.63, 3.8) is 0 Å². The summed E-state index contributed by atoms with van der Waals surface area (Å²) < 4.78 is 0. The highest BCUT2D eigenvalue weighted by atomic mass is 16.3. The summed E-state index contributed by atoms with van der Waals surface area (Å²) in [7, 11) is 0. The number of phenolic OH excluding ortho intramolecular Hbond substituents is 1. The van der Waals surface area contributed by atoms with Crippen molar-refractivity contribution in [2.45, 2.75) is 13.8 Å². The lowest BCUT2D eigenvalue weighted by Crippen LogP contribution is -2.09. The lowest BCUT2D eigenvalue weighted by Gasteiger charge is -2.14. The first-order chi connectivity index (χ1) is 11.8. The average Bonchev–Trinajstić information content (AvgIpc) is 2.55. The molecule has 25 heavy (non-hydrogen) atoms. The molecule has 2 rings (SSSR count). The van der Waals surface area contributed by atoms with E-state index in [1.54, 1.807) is 24.3 Å². The molecule has 0 aliphatic rings. The van der Waals surface area contributed by atoms with Gasteiger partial charge in [0.15, 0.2) is 6.29 Å². The van der Waals surface area contributed by atoms with Gasteiger partial charge in [0.25, 0.3) is 0 Å². The van der Waals surface area contributed by atoms with Gasteiger partial charge in [0, 0.05) is 36.3 Å². The summed E-state index contributed by atoms with van der Waals surface area (Å²) in [6.07, 6.45) is 0.314. The van der Waals surface area contributed by atoms with E-state index < -0.39 is 5.71 Å². The van der Waals surface area contributed by atoms with Gasteiger partial charge in [-0.05, 0) is 29.8 Å². The smallest absolute Gasteiger partial charge is 0.221 e. The van der Waals surface area contributed by atoms with Crippen LogP contribution in [0.3, 0.4) is 0 Å². The van der Waals surface area contributed by atoms with Crippen LogP contribution >= 0.6 is 0 Å². The Hall–Kier alpha value is -3.48. The zero-order valence-corrected chi connectivity index (χ0v) is 13.7. The predicted molar refractivity (Wildman–Crippen MR) is 95.0 cm³/mol. The van der Waals surface area contributed by atoms with Gasteiger partial charge < -0.3 is 15.7 Å². The molecule has 2 amide bonds. The van der Waals surface area contributed by atoms with Crippen LogP contribution in [0, 0.1) is 5.41 Å². The van der Waals surface area contributed by atoms with Crippen molar-refractivity contribution in [2.75, 3.05) is 10.6 Å². The zero-order chi connectivity index (χ0) is 18.6. The van der Waals surface area contributed by atoms with Gasteiger partial charge in [-0.15, -0.1) is 0 Å². The number of rotatable bonds is 5. The van der Waals surface area contributed by atoms with Crippen molar-refractivity contribution in [1.29, 1.82) is 5.41 Å². The number of hydrogen-bond donors (Lipinski definition) is 4.